The molecule has 1 N–H and O–H groups in total. The molecule has 3 rings (SSSR count). The van der Waals surface area contributed by atoms with Crippen LogP contribution in [0.1, 0.15) is 36.7 Å². The normalized spacial score (nSPS) is 11.2. The molecule has 132 valence electrons. The molecular formula is C22H21FN2O. The van der Waals surface area contributed by atoms with Gasteiger partial charge < -0.3 is 5.32 Å². The van der Waals surface area contributed by atoms with Gasteiger partial charge in [-0.1, -0.05) is 45.0 Å². The fraction of sp³-hybridized carbons (Fsp3) is 0.182. The molecule has 0 atom stereocenters. The molecule has 0 aliphatic rings. The average molecular weight is 348 g/mol. The van der Waals surface area contributed by atoms with Crippen LogP contribution in [0.2, 0.25) is 0 Å². The molecule has 3 nitrogen and oxygen atoms in total. The third-order valence-electron chi connectivity index (χ3n) is 4.16. The molecule has 0 saturated heterocycles. The van der Waals surface area contributed by atoms with Crippen molar-refractivity contribution in [1.29, 1.82) is 0 Å². The molecule has 2 aromatic carbocycles. The van der Waals surface area contributed by atoms with Crippen LogP contribution in [0.15, 0.2) is 66.9 Å². The van der Waals surface area contributed by atoms with E-state index in [1.54, 1.807) is 30.3 Å². The van der Waals surface area contributed by atoms with Gasteiger partial charge in [0.05, 0.1) is 11.3 Å². The van der Waals surface area contributed by atoms with E-state index < -0.39 is 0 Å². The predicted molar refractivity (Wildman–Crippen MR) is 103 cm³/mol. The standard InChI is InChI=1S/C22H21FN2O/c1-22(2,3)16-7-6-8-17(13-16)25-21(26)15-11-12-20(24-14-15)18-9-4-5-10-19(18)23/h4-14H,1-3H3,(H,25,26). The van der Waals surface area contributed by atoms with E-state index in [-0.39, 0.29) is 17.1 Å². The maximum absolute atomic E-state index is 13.8. The van der Waals surface area contributed by atoms with Gasteiger partial charge in [0.2, 0.25) is 0 Å². The lowest BCUT2D eigenvalue weighted by atomic mass is 9.87. The number of hydrogen-bond acceptors (Lipinski definition) is 2. The van der Waals surface area contributed by atoms with Gasteiger partial charge in [-0.2, -0.15) is 0 Å². The van der Waals surface area contributed by atoms with E-state index in [0.29, 0.717) is 16.8 Å². The summed E-state index contributed by atoms with van der Waals surface area (Å²) in [5.74, 6) is -0.583. The van der Waals surface area contributed by atoms with Gasteiger partial charge >= 0.3 is 0 Å². The maximum atomic E-state index is 13.8. The van der Waals surface area contributed by atoms with Crippen molar-refractivity contribution in [3.8, 4) is 11.3 Å². The van der Waals surface area contributed by atoms with Crippen molar-refractivity contribution in [3.05, 3.63) is 83.8 Å². The van der Waals surface area contributed by atoms with E-state index in [1.807, 2.05) is 24.3 Å². The van der Waals surface area contributed by atoms with Crippen LogP contribution in [0.3, 0.4) is 0 Å². The summed E-state index contributed by atoms with van der Waals surface area (Å²) in [4.78, 5) is 16.7. The fourth-order valence-corrected chi connectivity index (χ4v) is 2.62. The number of rotatable bonds is 3. The molecule has 0 unspecified atom stereocenters. The predicted octanol–water partition coefficient (Wildman–Crippen LogP) is 5.44. The van der Waals surface area contributed by atoms with E-state index in [1.165, 1.54) is 12.3 Å². The number of anilines is 1. The average Bonchev–Trinajstić information content (AvgIpc) is 2.62. The Bertz CT molecular complexity index is 927. The van der Waals surface area contributed by atoms with Gasteiger partial charge in [0.1, 0.15) is 5.82 Å². The molecule has 1 aromatic heterocycles. The fourth-order valence-electron chi connectivity index (χ4n) is 2.62. The van der Waals surface area contributed by atoms with Gasteiger partial charge in [0.15, 0.2) is 0 Å². The number of pyridine rings is 1. The molecule has 1 amide bonds. The number of nitrogens with zero attached hydrogens (tertiary/aromatic N) is 1. The van der Waals surface area contributed by atoms with Crippen molar-refractivity contribution in [2.45, 2.75) is 26.2 Å². The minimum atomic E-state index is -0.337. The Labute approximate surface area is 152 Å². The third-order valence-corrected chi connectivity index (χ3v) is 4.16. The number of benzene rings is 2. The van der Waals surface area contributed by atoms with Gasteiger partial charge in [-0.15, -0.1) is 0 Å². The van der Waals surface area contributed by atoms with Gasteiger partial charge in [-0.3, -0.25) is 9.78 Å². The lowest BCUT2D eigenvalue weighted by molar-refractivity contribution is 0.102. The van der Waals surface area contributed by atoms with E-state index in [0.717, 1.165) is 11.3 Å². The summed E-state index contributed by atoms with van der Waals surface area (Å²) in [5, 5.41) is 2.89. The summed E-state index contributed by atoms with van der Waals surface area (Å²) >= 11 is 0. The van der Waals surface area contributed by atoms with Crippen molar-refractivity contribution in [3.63, 3.8) is 0 Å². The van der Waals surface area contributed by atoms with Crippen molar-refractivity contribution in [2.75, 3.05) is 5.32 Å². The summed E-state index contributed by atoms with van der Waals surface area (Å²) in [7, 11) is 0. The first-order valence-electron chi connectivity index (χ1n) is 8.47. The summed E-state index contributed by atoms with van der Waals surface area (Å²) in [6, 6.07) is 17.5. The molecule has 0 aliphatic carbocycles. The highest BCUT2D eigenvalue weighted by Crippen LogP contribution is 2.25. The minimum Gasteiger partial charge on any atom is -0.322 e. The number of nitrogens with one attached hydrogen (secondary N) is 1. The number of halogens is 1. The Morgan fingerprint density at radius 1 is 1.00 bits per heavy atom. The molecule has 0 aliphatic heterocycles. The highest BCUT2D eigenvalue weighted by Gasteiger charge is 2.15. The molecule has 0 saturated carbocycles. The Hall–Kier alpha value is -3.01. The van der Waals surface area contributed by atoms with E-state index in [2.05, 4.69) is 31.1 Å². The zero-order chi connectivity index (χ0) is 18.7. The number of hydrogen-bond donors (Lipinski definition) is 1. The molecule has 26 heavy (non-hydrogen) atoms. The lowest BCUT2D eigenvalue weighted by Crippen LogP contribution is -2.15. The van der Waals surface area contributed by atoms with Gasteiger partial charge in [0.25, 0.3) is 5.91 Å². The van der Waals surface area contributed by atoms with Crippen molar-refractivity contribution in [2.24, 2.45) is 0 Å². The molecule has 4 heteroatoms. The molecule has 0 radical (unpaired) electrons. The van der Waals surface area contributed by atoms with Crippen LogP contribution in [0.4, 0.5) is 10.1 Å². The number of aromatic nitrogens is 1. The largest absolute Gasteiger partial charge is 0.322 e. The van der Waals surface area contributed by atoms with Crippen molar-refractivity contribution in [1.82, 2.24) is 4.98 Å². The van der Waals surface area contributed by atoms with Crippen LogP contribution >= 0.6 is 0 Å². The Morgan fingerprint density at radius 3 is 2.42 bits per heavy atom. The molecular weight excluding hydrogens is 327 g/mol. The second-order valence-corrected chi connectivity index (χ2v) is 7.20. The van der Waals surface area contributed by atoms with Crippen LogP contribution in [0, 0.1) is 5.82 Å². The summed E-state index contributed by atoms with van der Waals surface area (Å²) in [5.41, 5.74) is 3.21. The van der Waals surface area contributed by atoms with Crippen molar-refractivity contribution < 1.29 is 9.18 Å². The third kappa shape index (κ3) is 3.97. The second-order valence-electron chi connectivity index (χ2n) is 7.20. The monoisotopic (exact) mass is 348 g/mol. The Balaban J connectivity index is 1.78. The SMILES string of the molecule is CC(C)(C)c1cccc(NC(=O)c2ccc(-c3ccccc3F)nc2)c1. The van der Waals surface area contributed by atoms with E-state index in [4.69, 9.17) is 0 Å². The second kappa shape index (κ2) is 7.08. The van der Waals surface area contributed by atoms with E-state index in [9.17, 15) is 9.18 Å². The number of carbonyl (C=O) groups is 1. The maximum Gasteiger partial charge on any atom is 0.257 e. The zero-order valence-electron chi connectivity index (χ0n) is 15.1. The van der Waals surface area contributed by atoms with Crippen LogP contribution in [-0.2, 0) is 5.41 Å². The quantitative estimate of drug-likeness (QED) is 0.685. The number of amides is 1. The van der Waals surface area contributed by atoms with Crippen LogP contribution < -0.4 is 5.32 Å². The first-order valence-corrected chi connectivity index (χ1v) is 8.47. The first-order chi connectivity index (χ1) is 12.3. The van der Waals surface area contributed by atoms with Crippen LogP contribution in [0.5, 0.6) is 0 Å². The lowest BCUT2D eigenvalue weighted by Gasteiger charge is -2.19. The van der Waals surface area contributed by atoms with Gasteiger partial charge in [0, 0.05) is 17.4 Å². The smallest absolute Gasteiger partial charge is 0.257 e. The van der Waals surface area contributed by atoms with Crippen LogP contribution in [0.25, 0.3) is 11.3 Å². The van der Waals surface area contributed by atoms with Gasteiger partial charge in [-0.25, -0.2) is 4.39 Å². The molecule has 0 spiro atoms. The molecule has 3 aromatic rings. The molecule has 1 heterocycles. The topological polar surface area (TPSA) is 42.0 Å². The Morgan fingerprint density at radius 2 is 1.77 bits per heavy atom. The molecule has 0 bridgehead atoms. The minimum absolute atomic E-state index is 0.00367. The summed E-state index contributed by atoms with van der Waals surface area (Å²) < 4.78 is 13.8. The first kappa shape index (κ1) is 17.8. The van der Waals surface area contributed by atoms with Crippen molar-refractivity contribution >= 4 is 11.6 Å². The van der Waals surface area contributed by atoms with E-state index >= 15 is 0 Å². The highest BCUT2D eigenvalue weighted by molar-refractivity contribution is 6.04. The van der Waals surface area contributed by atoms with Crippen LogP contribution in [-0.4, -0.2) is 10.9 Å². The highest BCUT2D eigenvalue weighted by atomic mass is 19.1. The zero-order valence-corrected chi connectivity index (χ0v) is 15.1. The Kier molecular flexibility index (Phi) is 4.85. The van der Waals surface area contributed by atoms with Gasteiger partial charge in [-0.05, 0) is 47.4 Å². The molecule has 0 fully saturated rings. The number of carbonyl (C=O) groups excluding carboxylic acids is 1. The summed E-state index contributed by atoms with van der Waals surface area (Å²) in [6.45, 7) is 6.37. The summed E-state index contributed by atoms with van der Waals surface area (Å²) in [6.07, 6.45) is 1.46.